The summed E-state index contributed by atoms with van der Waals surface area (Å²) in [5, 5.41) is 7.02. The predicted molar refractivity (Wildman–Crippen MR) is 105 cm³/mol. The predicted octanol–water partition coefficient (Wildman–Crippen LogP) is 3.21. The summed E-state index contributed by atoms with van der Waals surface area (Å²) in [7, 11) is 0. The summed E-state index contributed by atoms with van der Waals surface area (Å²) in [5.41, 5.74) is 7.62. The van der Waals surface area contributed by atoms with Crippen LogP contribution in [0.15, 0.2) is 34.7 Å². The number of anilines is 1. The number of hydrogen-bond donors (Lipinski definition) is 3. The van der Waals surface area contributed by atoms with E-state index in [0.29, 0.717) is 16.1 Å². The van der Waals surface area contributed by atoms with Gasteiger partial charge in [-0.15, -0.1) is 11.3 Å². The number of hydrogen-bond acceptors (Lipinski definition) is 5. The van der Waals surface area contributed by atoms with Crippen LogP contribution >= 0.6 is 23.6 Å². The molecule has 0 unspecified atom stereocenters. The number of carbonyl (C=O) groups is 2. The lowest BCUT2D eigenvalue weighted by Crippen LogP contribution is -2.34. The van der Waals surface area contributed by atoms with Crippen molar-refractivity contribution in [3.63, 3.8) is 0 Å². The molecule has 4 N–H and O–H groups in total. The van der Waals surface area contributed by atoms with Crippen molar-refractivity contribution in [1.29, 1.82) is 0 Å². The van der Waals surface area contributed by atoms with Gasteiger partial charge < -0.3 is 15.5 Å². The van der Waals surface area contributed by atoms with Gasteiger partial charge in [0.2, 0.25) is 0 Å². The van der Waals surface area contributed by atoms with Crippen molar-refractivity contribution in [1.82, 2.24) is 5.32 Å². The monoisotopic (exact) mass is 385 g/mol. The Kier molecular flexibility index (Phi) is 4.21. The molecule has 0 bridgehead atoms. The van der Waals surface area contributed by atoms with Crippen molar-refractivity contribution in [3.8, 4) is 0 Å². The number of fused-ring (bicyclic) bond motifs is 2. The van der Waals surface area contributed by atoms with Crippen LogP contribution in [0.1, 0.15) is 37.8 Å². The van der Waals surface area contributed by atoms with Crippen LogP contribution in [0.4, 0.5) is 5.00 Å². The molecule has 8 heteroatoms. The molecule has 1 aliphatic carbocycles. The van der Waals surface area contributed by atoms with Gasteiger partial charge in [-0.05, 0) is 49.2 Å². The molecular formula is C18H15N3O3S2. The first-order valence-electron chi connectivity index (χ1n) is 8.08. The molecule has 1 aromatic carbocycles. The smallest absolute Gasteiger partial charge is 0.293 e. The zero-order chi connectivity index (χ0) is 18.3. The molecule has 0 fully saturated rings. The number of thiophene rings is 1. The molecule has 2 amide bonds. The topological polar surface area (TPSA) is 97.4 Å². The molecule has 1 aliphatic rings. The highest BCUT2D eigenvalue weighted by atomic mass is 32.1. The fraction of sp³-hybridized carbons (Fsp3) is 0.167. The summed E-state index contributed by atoms with van der Waals surface area (Å²) in [5.74, 6) is -0.777. The van der Waals surface area contributed by atoms with E-state index in [0.717, 1.165) is 35.1 Å². The zero-order valence-corrected chi connectivity index (χ0v) is 15.3. The maximum Gasteiger partial charge on any atom is 0.293 e. The standard InChI is InChI=1S/C18H15N3O3S2/c19-15(22)14-10-5-3-7-13(10)26-17(14)21-18(25)20-16(23)12-8-9-4-1-2-6-11(9)24-12/h1-2,4,6,8H,3,5,7H2,(H2,19,22)(H2,20,21,23,25). The van der Waals surface area contributed by atoms with Gasteiger partial charge in [0.25, 0.3) is 11.8 Å². The van der Waals surface area contributed by atoms with Gasteiger partial charge in [0.1, 0.15) is 10.6 Å². The Bertz CT molecular complexity index is 1020. The number of amides is 2. The third-order valence-electron chi connectivity index (χ3n) is 4.27. The quantitative estimate of drug-likeness (QED) is 0.602. The van der Waals surface area contributed by atoms with Crippen molar-refractivity contribution in [2.24, 2.45) is 5.73 Å². The highest BCUT2D eigenvalue weighted by Crippen LogP contribution is 2.38. The number of primary amides is 1. The van der Waals surface area contributed by atoms with E-state index >= 15 is 0 Å². The van der Waals surface area contributed by atoms with Crippen LogP contribution in [0.2, 0.25) is 0 Å². The van der Waals surface area contributed by atoms with Crippen molar-refractivity contribution in [2.75, 3.05) is 5.32 Å². The Morgan fingerprint density at radius 2 is 2.04 bits per heavy atom. The number of nitrogens with two attached hydrogens (primary N) is 1. The number of thiocarbonyl (C=S) groups is 1. The molecule has 26 heavy (non-hydrogen) atoms. The second kappa shape index (κ2) is 6.54. The van der Waals surface area contributed by atoms with Crippen LogP contribution in [0.3, 0.4) is 0 Å². The number of aryl methyl sites for hydroxylation is 1. The fourth-order valence-electron chi connectivity index (χ4n) is 3.15. The van der Waals surface area contributed by atoms with E-state index < -0.39 is 11.8 Å². The van der Waals surface area contributed by atoms with E-state index in [1.807, 2.05) is 18.2 Å². The lowest BCUT2D eigenvalue weighted by atomic mass is 10.1. The van der Waals surface area contributed by atoms with Gasteiger partial charge in [-0.1, -0.05) is 18.2 Å². The Labute approximate surface area is 158 Å². The molecule has 2 aromatic heterocycles. The Morgan fingerprint density at radius 3 is 2.81 bits per heavy atom. The first kappa shape index (κ1) is 16.7. The average Bonchev–Trinajstić information content (AvgIpc) is 3.26. The number of rotatable bonds is 3. The molecule has 4 rings (SSSR count). The first-order valence-corrected chi connectivity index (χ1v) is 9.30. The summed E-state index contributed by atoms with van der Waals surface area (Å²) in [6, 6.07) is 9.00. The van der Waals surface area contributed by atoms with Gasteiger partial charge in [-0.25, -0.2) is 0 Å². The van der Waals surface area contributed by atoms with Crippen LogP contribution in [0.25, 0.3) is 11.0 Å². The van der Waals surface area contributed by atoms with E-state index in [-0.39, 0.29) is 10.9 Å². The van der Waals surface area contributed by atoms with Gasteiger partial charge >= 0.3 is 0 Å². The van der Waals surface area contributed by atoms with E-state index in [9.17, 15) is 9.59 Å². The fourth-order valence-corrected chi connectivity index (χ4v) is 4.70. The van der Waals surface area contributed by atoms with Gasteiger partial charge in [0.05, 0.1) is 5.56 Å². The Balaban J connectivity index is 1.50. The number of para-hydroxylation sites is 1. The Hall–Kier alpha value is -2.71. The van der Waals surface area contributed by atoms with Crippen LogP contribution in [-0.4, -0.2) is 16.9 Å². The molecule has 0 atom stereocenters. The maximum absolute atomic E-state index is 12.4. The first-order chi connectivity index (χ1) is 12.5. The van der Waals surface area contributed by atoms with Gasteiger partial charge in [-0.3, -0.25) is 14.9 Å². The lowest BCUT2D eigenvalue weighted by Gasteiger charge is -2.08. The van der Waals surface area contributed by atoms with Crippen LogP contribution < -0.4 is 16.4 Å². The van der Waals surface area contributed by atoms with Crippen LogP contribution in [-0.2, 0) is 12.8 Å². The lowest BCUT2D eigenvalue weighted by molar-refractivity contribution is 0.0952. The minimum absolute atomic E-state index is 0.0953. The minimum atomic E-state index is -0.488. The third-order valence-corrected chi connectivity index (χ3v) is 5.68. The van der Waals surface area contributed by atoms with E-state index in [1.165, 1.54) is 11.3 Å². The van der Waals surface area contributed by atoms with Crippen molar-refractivity contribution in [3.05, 3.63) is 52.1 Å². The van der Waals surface area contributed by atoms with Crippen LogP contribution in [0, 0.1) is 0 Å². The number of furan rings is 1. The molecule has 0 saturated carbocycles. The number of carbonyl (C=O) groups excluding carboxylic acids is 2. The summed E-state index contributed by atoms with van der Waals surface area (Å²) in [6.07, 6.45) is 2.79. The minimum Gasteiger partial charge on any atom is -0.451 e. The van der Waals surface area contributed by atoms with E-state index in [4.69, 9.17) is 22.4 Å². The van der Waals surface area contributed by atoms with Crippen molar-refractivity contribution in [2.45, 2.75) is 19.3 Å². The molecule has 0 spiro atoms. The third kappa shape index (κ3) is 2.97. The van der Waals surface area contributed by atoms with Gasteiger partial charge in [-0.2, -0.15) is 0 Å². The molecule has 0 radical (unpaired) electrons. The zero-order valence-electron chi connectivity index (χ0n) is 13.6. The van der Waals surface area contributed by atoms with Crippen LogP contribution in [0.5, 0.6) is 0 Å². The molecular weight excluding hydrogens is 370 g/mol. The summed E-state index contributed by atoms with van der Waals surface area (Å²) < 4.78 is 5.52. The SMILES string of the molecule is NC(=O)c1c(NC(=S)NC(=O)c2cc3ccccc3o2)sc2c1CCC2. The Morgan fingerprint density at radius 1 is 1.23 bits per heavy atom. The summed E-state index contributed by atoms with van der Waals surface area (Å²) in [6.45, 7) is 0. The highest BCUT2D eigenvalue weighted by molar-refractivity contribution is 7.80. The molecule has 2 heterocycles. The average molecular weight is 385 g/mol. The largest absolute Gasteiger partial charge is 0.451 e. The summed E-state index contributed by atoms with van der Waals surface area (Å²) in [4.78, 5) is 25.3. The van der Waals surface area contributed by atoms with Crippen molar-refractivity contribution >= 4 is 56.5 Å². The molecule has 0 aliphatic heterocycles. The second-order valence-electron chi connectivity index (χ2n) is 5.98. The number of benzene rings is 1. The normalized spacial score (nSPS) is 12.8. The number of nitrogens with one attached hydrogen (secondary N) is 2. The van der Waals surface area contributed by atoms with Crippen molar-refractivity contribution < 1.29 is 14.0 Å². The second-order valence-corrected chi connectivity index (χ2v) is 7.50. The van der Waals surface area contributed by atoms with E-state index in [2.05, 4.69) is 10.6 Å². The summed E-state index contributed by atoms with van der Waals surface area (Å²) >= 11 is 6.67. The van der Waals surface area contributed by atoms with E-state index in [1.54, 1.807) is 12.1 Å². The molecule has 132 valence electrons. The molecule has 6 nitrogen and oxygen atoms in total. The maximum atomic E-state index is 12.4. The molecule has 0 saturated heterocycles. The van der Waals surface area contributed by atoms with Gasteiger partial charge in [0.15, 0.2) is 10.9 Å². The highest BCUT2D eigenvalue weighted by Gasteiger charge is 2.26. The van der Waals surface area contributed by atoms with Gasteiger partial charge in [0, 0.05) is 10.3 Å². The molecule has 3 aromatic rings.